The highest BCUT2D eigenvalue weighted by Gasteiger charge is 2.49. The van der Waals surface area contributed by atoms with Crippen LogP contribution >= 0.6 is 0 Å². The predicted molar refractivity (Wildman–Crippen MR) is 85.0 cm³/mol. The summed E-state index contributed by atoms with van der Waals surface area (Å²) in [6.07, 6.45) is 4.32. The van der Waals surface area contributed by atoms with E-state index in [4.69, 9.17) is 0 Å². The highest BCUT2D eigenvalue weighted by Crippen LogP contribution is 2.43. The monoisotopic (exact) mass is 328 g/mol. The Kier molecular flexibility index (Phi) is 3.48. The number of aromatic nitrogens is 1. The van der Waals surface area contributed by atoms with Crippen LogP contribution in [0.25, 0.3) is 10.9 Å². The zero-order valence-electron chi connectivity index (χ0n) is 13.0. The molecule has 1 aromatic carbocycles. The van der Waals surface area contributed by atoms with Gasteiger partial charge in [0, 0.05) is 18.1 Å². The normalized spacial score (nSPS) is 25.9. The van der Waals surface area contributed by atoms with E-state index >= 15 is 0 Å². The summed E-state index contributed by atoms with van der Waals surface area (Å²) >= 11 is 0. The molecule has 1 aromatic heterocycles. The molecule has 1 N–H and O–H groups in total. The molecule has 1 saturated carbocycles. The lowest BCUT2D eigenvalue weighted by atomic mass is 9.94. The minimum atomic E-state index is -0.980. The zero-order valence-corrected chi connectivity index (χ0v) is 13.0. The summed E-state index contributed by atoms with van der Waals surface area (Å²) in [6.45, 7) is 0.422. The number of hydrogen-bond donors (Lipinski definition) is 1. The molecule has 2 fully saturated rings. The first-order chi connectivity index (χ1) is 11.6. The number of nitrogens with zero attached hydrogens (tertiary/aromatic N) is 2. The fourth-order valence-electron chi connectivity index (χ4n) is 4.30. The van der Waals surface area contributed by atoms with Gasteiger partial charge in [-0.05, 0) is 42.9 Å². The predicted octanol–water partition coefficient (Wildman–Crippen LogP) is 2.70. The van der Waals surface area contributed by atoms with Crippen molar-refractivity contribution in [1.82, 2.24) is 9.88 Å². The van der Waals surface area contributed by atoms with E-state index in [2.05, 4.69) is 4.98 Å². The molecule has 0 radical (unpaired) electrons. The number of pyridine rings is 1. The molecule has 2 aliphatic rings. The average molecular weight is 328 g/mol. The van der Waals surface area contributed by atoms with Crippen molar-refractivity contribution in [3.63, 3.8) is 0 Å². The van der Waals surface area contributed by atoms with Gasteiger partial charge in [0.05, 0.1) is 11.1 Å². The number of rotatable bonds is 2. The van der Waals surface area contributed by atoms with Crippen molar-refractivity contribution in [3.8, 4) is 0 Å². The highest BCUT2D eigenvalue weighted by molar-refractivity contribution is 6.06. The fraction of sp³-hybridized carbons (Fsp3) is 0.389. The molecular formula is C18H17FN2O3. The third-order valence-corrected chi connectivity index (χ3v) is 5.30. The molecule has 5 nitrogen and oxygen atoms in total. The Morgan fingerprint density at radius 2 is 2.12 bits per heavy atom. The minimum absolute atomic E-state index is 0.000711. The molecule has 1 aliphatic carbocycles. The maximum absolute atomic E-state index is 13.9. The van der Waals surface area contributed by atoms with Gasteiger partial charge in [0.25, 0.3) is 5.91 Å². The molecule has 2 aromatic rings. The minimum Gasteiger partial charge on any atom is -0.480 e. The van der Waals surface area contributed by atoms with Crippen LogP contribution in [0.2, 0.25) is 0 Å². The quantitative estimate of drug-likeness (QED) is 0.920. The number of amides is 1. The molecular weight excluding hydrogens is 311 g/mol. The Morgan fingerprint density at radius 3 is 2.92 bits per heavy atom. The maximum atomic E-state index is 13.9. The summed E-state index contributed by atoms with van der Waals surface area (Å²) in [4.78, 5) is 30.4. The lowest BCUT2D eigenvalue weighted by Crippen LogP contribution is -2.43. The van der Waals surface area contributed by atoms with Crippen molar-refractivity contribution < 1.29 is 19.1 Å². The number of carbonyl (C=O) groups excluding carboxylic acids is 1. The molecule has 3 atom stereocenters. The van der Waals surface area contributed by atoms with Gasteiger partial charge < -0.3 is 10.0 Å². The summed E-state index contributed by atoms with van der Waals surface area (Å²) < 4.78 is 13.9. The van der Waals surface area contributed by atoms with Crippen molar-refractivity contribution in [3.05, 3.63) is 41.8 Å². The molecule has 0 bridgehead atoms. The Morgan fingerprint density at radius 1 is 1.29 bits per heavy atom. The maximum Gasteiger partial charge on any atom is 0.326 e. The fourth-order valence-corrected chi connectivity index (χ4v) is 4.30. The van der Waals surface area contributed by atoms with E-state index in [1.807, 2.05) is 0 Å². The molecule has 6 heteroatoms. The van der Waals surface area contributed by atoms with E-state index in [1.54, 1.807) is 18.3 Å². The Labute approximate surface area is 138 Å². The van der Waals surface area contributed by atoms with Gasteiger partial charge in [-0.2, -0.15) is 0 Å². The Hall–Kier alpha value is -2.50. The lowest BCUT2D eigenvalue weighted by Gasteiger charge is -2.24. The van der Waals surface area contributed by atoms with E-state index in [0.29, 0.717) is 17.4 Å². The van der Waals surface area contributed by atoms with E-state index in [0.717, 1.165) is 25.3 Å². The zero-order chi connectivity index (χ0) is 16.8. The number of likely N-dealkylation sites (tertiary alicyclic amines) is 1. The SMILES string of the molecule is O=C(O)[C@@H]1[C@@H]2CCC[C@H]2CN1C(=O)c1cc(F)cc2cccnc12. The van der Waals surface area contributed by atoms with Crippen LogP contribution in [0, 0.1) is 17.7 Å². The lowest BCUT2D eigenvalue weighted by molar-refractivity contribution is -0.142. The first-order valence-electron chi connectivity index (χ1n) is 8.14. The summed E-state index contributed by atoms with van der Waals surface area (Å²) in [5, 5.41) is 10.1. The standard InChI is InChI=1S/C18H17FN2O3/c19-12-7-10-4-2-6-20-15(10)14(8-12)17(22)21-9-11-3-1-5-13(11)16(21)18(23)24/h2,4,6-8,11,13,16H,1,3,5,9H2,(H,23,24)/t11-,13+,16-/m0/s1. The van der Waals surface area contributed by atoms with E-state index in [1.165, 1.54) is 11.0 Å². The van der Waals surface area contributed by atoms with Crippen molar-refractivity contribution in [1.29, 1.82) is 0 Å². The summed E-state index contributed by atoms with van der Waals surface area (Å²) in [7, 11) is 0. The number of benzene rings is 1. The second-order valence-electron chi connectivity index (χ2n) is 6.62. The number of carboxylic acid groups (broad SMARTS) is 1. The van der Waals surface area contributed by atoms with Gasteiger partial charge in [0.1, 0.15) is 11.9 Å². The van der Waals surface area contributed by atoms with E-state index in [9.17, 15) is 19.1 Å². The molecule has 1 amide bonds. The van der Waals surface area contributed by atoms with Gasteiger partial charge in [-0.1, -0.05) is 12.5 Å². The number of fused-ring (bicyclic) bond motifs is 2. The number of carbonyl (C=O) groups is 2. The summed E-state index contributed by atoms with van der Waals surface area (Å²) in [6, 6.07) is 5.02. The van der Waals surface area contributed by atoms with Crippen LogP contribution in [-0.4, -0.2) is 39.5 Å². The largest absolute Gasteiger partial charge is 0.480 e. The van der Waals surface area contributed by atoms with Crippen molar-refractivity contribution in [2.75, 3.05) is 6.54 Å². The van der Waals surface area contributed by atoms with Gasteiger partial charge in [0.2, 0.25) is 0 Å². The molecule has 1 saturated heterocycles. The molecule has 2 heterocycles. The number of halogens is 1. The Balaban J connectivity index is 1.77. The van der Waals surface area contributed by atoms with Crippen molar-refractivity contribution in [2.45, 2.75) is 25.3 Å². The third kappa shape index (κ3) is 2.25. The van der Waals surface area contributed by atoms with Gasteiger partial charge in [-0.15, -0.1) is 0 Å². The van der Waals surface area contributed by atoms with Crippen LogP contribution < -0.4 is 0 Å². The van der Waals surface area contributed by atoms with Crippen LogP contribution in [0.4, 0.5) is 4.39 Å². The third-order valence-electron chi connectivity index (χ3n) is 5.30. The first kappa shape index (κ1) is 15.1. The van der Waals surface area contributed by atoms with E-state index < -0.39 is 23.7 Å². The summed E-state index contributed by atoms with van der Waals surface area (Å²) in [5.74, 6) is -1.72. The van der Waals surface area contributed by atoms with Gasteiger partial charge >= 0.3 is 5.97 Å². The Bertz CT molecular complexity index is 838. The highest BCUT2D eigenvalue weighted by atomic mass is 19.1. The molecule has 0 spiro atoms. The second kappa shape index (κ2) is 5.54. The number of aliphatic carboxylic acids is 1. The van der Waals surface area contributed by atoms with Crippen LogP contribution in [0.5, 0.6) is 0 Å². The van der Waals surface area contributed by atoms with Gasteiger partial charge in [-0.25, -0.2) is 9.18 Å². The topological polar surface area (TPSA) is 70.5 Å². The van der Waals surface area contributed by atoms with Crippen LogP contribution in [0.15, 0.2) is 30.5 Å². The van der Waals surface area contributed by atoms with Crippen LogP contribution in [-0.2, 0) is 4.79 Å². The van der Waals surface area contributed by atoms with Crippen molar-refractivity contribution >= 4 is 22.8 Å². The molecule has 124 valence electrons. The average Bonchev–Trinajstić information content (AvgIpc) is 3.13. The van der Waals surface area contributed by atoms with Gasteiger partial charge in [-0.3, -0.25) is 9.78 Å². The molecule has 1 aliphatic heterocycles. The molecule has 24 heavy (non-hydrogen) atoms. The number of hydrogen-bond acceptors (Lipinski definition) is 3. The second-order valence-corrected chi connectivity index (χ2v) is 6.62. The van der Waals surface area contributed by atoms with E-state index in [-0.39, 0.29) is 17.4 Å². The van der Waals surface area contributed by atoms with Crippen LogP contribution in [0.1, 0.15) is 29.6 Å². The summed E-state index contributed by atoms with van der Waals surface area (Å²) in [5.41, 5.74) is 0.543. The van der Waals surface area contributed by atoms with Crippen LogP contribution in [0.3, 0.4) is 0 Å². The number of carboxylic acids is 1. The van der Waals surface area contributed by atoms with Gasteiger partial charge in [0.15, 0.2) is 0 Å². The smallest absolute Gasteiger partial charge is 0.326 e. The first-order valence-corrected chi connectivity index (χ1v) is 8.14. The molecule has 4 rings (SSSR count). The van der Waals surface area contributed by atoms with Crippen molar-refractivity contribution in [2.24, 2.45) is 11.8 Å². The molecule has 0 unspecified atom stereocenters.